The molecule has 1 aromatic carbocycles. The van der Waals surface area contributed by atoms with Crippen molar-refractivity contribution in [3.8, 4) is 0 Å². The third-order valence-corrected chi connectivity index (χ3v) is 4.12. The highest BCUT2D eigenvalue weighted by molar-refractivity contribution is 7.12. The van der Waals surface area contributed by atoms with Crippen molar-refractivity contribution >= 4 is 34.0 Å². The van der Waals surface area contributed by atoms with E-state index < -0.39 is 0 Å². The number of benzene rings is 1. The molecule has 20 heavy (non-hydrogen) atoms. The van der Waals surface area contributed by atoms with E-state index >= 15 is 0 Å². The molecule has 2 N–H and O–H groups in total. The molecule has 0 amide bonds. The fourth-order valence-electron chi connectivity index (χ4n) is 2.19. The van der Waals surface area contributed by atoms with Gasteiger partial charge in [0.15, 0.2) is 0 Å². The second kappa shape index (κ2) is 5.09. The summed E-state index contributed by atoms with van der Waals surface area (Å²) in [4.78, 5) is 10.2. The fraction of sp³-hybridized carbons (Fsp3) is 0.200. The lowest BCUT2D eigenvalue weighted by Gasteiger charge is -2.00. The molecular weight excluding hydrogens is 268 g/mol. The summed E-state index contributed by atoms with van der Waals surface area (Å²) in [7, 11) is 0. The zero-order chi connectivity index (χ0) is 14.1. The minimum atomic E-state index is 0.662. The number of thiophene rings is 1. The molecular formula is C15H16N4S. The number of para-hydroxylation sites is 2. The highest BCUT2D eigenvalue weighted by atomic mass is 32.1. The molecule has 0 fully saturated rings. The number of aromatic nitrogens is 2. The van der Waals surface area contributed by atoms with E-state index in [4.69, 9.17) is 0 Å². The average molecular weight is 284 g/mol. The van der Waals surface area contributed by atoms with Crippen molar-refractivity contribution in [2.24, 2.45) is 5.10 Å². The normalized spacial score (nSPS) is 12.1. The first-order chi connectivity index (χ1) is 9.63. The molecule has 0 saturated carbocycles. The van der Waals surface area contributed by atoms with Gasteiger partial charge in [0.1, 0.15) is 0 Å². The quantitative estimate of drug-likeness (QED) is 0.562. The predicted molar refractivity (Wildman–Crippen MR) is 85.7 cm³/mol. The van der Waals surface area contributed by atoms with Crippen LogP contribution in [0.2, 0.25) is 0 Å². The van der Waals surface area contributed by atoms with Crippen LogP contribution in [0.4, 0.5) is 5.95 Å². The molecule has 0 atom stereocenters. The third-order valence-electron chi connectivity index (χ3n) is 3.15. The Kier molecular flexibility index (Phi) is 3.28. The molecule has 0 spiro atoms. The first-order valence-corrected chi connectivity index (χ1v) is 7.27. The van der Waals surface area contributed by atoms with Gasteiger partial charge in [-0.15, -0.1) is 11.3 Å². The Hall–Kier alpha value is -2.14. The lowest BCUT2D eigenvalue weighted by Crippen LogP contribution is -2.00. The number of hydrogen-bond acceptors (Lipinski definition) is 4. The van der Waals surface area contributed by atoms with E-state index in [0.29, 0.717) is 5.95 Å². The van der Waals surface area contributed by atoms with E-state index in [0.717, 1.165) is 16.7 Å². The number of imidazole rings is 1. The number of hydrogen-bond donors (Lipinski definition) is 2. The van der Waals surface area contributed by atoms with Crippen molar-refractivity contribution in [1.29, 1.82) is 0 Å². The molecule has 0 aliphatic rings. The molecule has 0 saturated heterocycles. The summed E-state index contributed by atoms with van der Waals surface area (Å²) in [6, 6.07) is 10.1. The van der Waals surface area contributed by atoms with Gasteiger partial charge in [-0.2, -0.15) is 5.10 Å². The number of H-pyrrole nitrogens is 1. The van der Waals surface area contributed by atoms with E-state index in [1.54, 1.807) is 11.3 Å². The lowest BCUT2D eigenvalue weighted by atomic mass is 10.2. The topological polar surface area (TPSA) is 53.1 Å². The van der Waals surface area contributed by atoms with Crippen LogP contribution < -0.4 is 5.43 Å². The fourth-order valence-corrected chi connectivity index (χ4v) is 3.17. The summed E-state index contributed by atoms with van der Waals surface area (Å²) >= 11 is 1.79. The number of nitrogens with one attached hydrogen (secondary N) is 2. The number of nitrogens with zero attached hydrogens (tertiary/aromatic N) is 2. The molecule has 0 aliphatic heterocycles. The maximum absolute atomic E-state index is 4.43. The zero-order valence-corrected chi connectivity index (χ0v) is 12.5. The van der Waals surface area contributed by atoms with Gasteiger partial charge >= 0.3 is 0 Å². The monoisotopic (exact) mass is 284 g/mol. The van der Waals surface area contributed by atoms with Crippen molar-refractivity contribution in [1.82, 2.24) is 9.97 Å². The van der Waals surface area contributed by atoms with Gasteiger partial charge in [-0.25, -0.2) is 10.4 Å². The summed E-state index contributed by atoms with van der Waals surface area (Å²) in [5.41, 5.74) is 7.09. The molecule has 2 heterocycles. The number of rotatable bonds is 3. The number of aromatic amines is 1. The SMILES string of the molecule is C/C(=N/Nc1nc2ccccc2[nH]1)c1cc(C)sc1C. The van der Waals surface area contributed by atoms with E-state index in [9.17, 15) is 0 Å². The third kappa shape index (κ3) is 2.44. The minimum Gasteiger partial charge on any atom is -0.323 e. The Labute approximate surface area is 121 Å². The standard InChI is InChI=1S/C15H16N4S/c1-9-8-12(11(3)20-9)10(2)18-19-15-16-13-6-4-5-7-14(13)17-15/h4-8H,1-3H3,(H2,16,17,19)/b18-10-. The van der Waals surface area contributed by atoms with E-state index in [2.05, 4.69) is 40.4 Å². The summed E-state index contributed by atoms with van der Waals surface area (Å²) in [6.07, 6.45) is 0. The highest BCUT2D eigenvalue weighted by Gasteiger charge is 2.06. The molecule has 5 heteroatoms. The van der Waals surface area contributed by atoms with Crippen LogP contribution in [0, 0.1) is 13.8 Å². The first kappa shape index (κ1) is 12.9. The Morgan fingerprint density at radius 3 is 2.80 bits per heavy atom. The second-order valence-electron chi connectivity index (χ2n) is 4.74. The summed E-state index contributed by atoms with van der Waals surface area (Å²) in [5, 5.41) is 4.41. The summed E-state index contributed by atoms with van der Waals surface area (Å²) < 4.78 is 0. The smallest absolute Gasteiger partial charge is 0.222 e. The Bertz CT molecular complexity index is 749. The van der Waals surface area contributed by atoms with Crippen LogP contribution in [0.25, 0.3) is 11.0 Å². The number of aryl methyl sites for hydroxylation is 2. The van der Waals surface area contributed by atoms with Crippen LogP contribution in [0.15, 0.2) is 35.4 Å². The van der Waals surface area contributed by atoms with E-state index in [1.807, 2.05) is 31.2 Å². The maximum Gasteiger partial charge on any atom is 0.222 e. The van der Waals surface area contributed by atoms with Crippen LogP contribution in [-0.4, -0.2) is 15.7 Å². The van der Waals surface area contributed by atoms with Gasteiger partial charge in [-0.1, -0.05) is 12.1 Å². The minimum absolute atomic E-state index is 0.662. The predicted octanol–water partition coefficient (Wildman–Crippen LogP) is 4.08. The maximum atomic E-state index is 4.43. The van der Waals surface area contributed by atoms with Gasteiger partial charge in [0.05, 0.1) is 16.7 Å². The number of anilines is 1. The largest absolute Gasteiger partial charge is 0.323 e. The number of fused-ring (bicyclic) bond motifs is 1. The van der Waals surface area contributed by atoms with Crippen molar-refractivity contribution < 1.29 is 0 Å². The van der Waals surface area contributed by atoms with Gasteiger partial charge in [-0.05, 0) is 39.0 Å². The molecule has 4 nitrogen and oxygen atoms in total. The Morgan fingerprint density at radius 2 is 2.10 bits per heavy atom. The molecule has 3 aromatic rings. The molecule has 2 aromatic heterocycles. The average Bonchev–Trinajstić information content (AvgIpc) is 2.98. The molecule has 0 bridgehead atoms. The van der Waals surface area contributed by atoms with Crippen LogP contribution in [0.3, 0.4) is 0 Å². The molecule has 102 valence electrons. The van der Waals surface area contributed by atoms with E-state index in [1.165, 1.54) is 15.3 Å². The Morgan fingerprint density at radius 1 is 1.30 bits per heavy atom. The summed E-state index contributed by atoms with van der Waals surface area (Å²) in [6.45, 7) is 6.23. The van der Waals surface area contributed by atoms with Crippen molar-refractivity contribution in [3.63, 3.8) is 0 Å². The highest BCUT2D eigenvalue weighted by Crippen LogP contribution is 2.21. The van der Waals surface area contributed by atoms with Gasteiger partial charge < -0.3 is 4.98 Å². The molecule has 3 rings (SSSR count). The van der Waals surface area contributed by atoms with Crippen LogP contribution in [0.1, 0.15) is 22.2 Å². The van der Waals surface area contributed by atoms with Crippen molar-refractivity contribution in [2.45, 2.75) is 20.8 Å². The van der Waals surface area contributed by atoms with E-state index in [-0.39, 0.29) is 0 Å². The first-order valence-electron chi connectivity index (χ1n) is 6.46. The van der Waals surface area contributed by atoms with Crippen LogP contribution in [-0.2, 0) is 0 Å². The second-order valence-corrected chi connectivity index (χ2v) is 6.20. The molecule has 0 unspecified atom stereocenters. The zero-order valence-electron chi connectivity index (χ0n) is 11.7. The van der Waals surface area contributed by atoms with Crippen molar-refractivity contribution in [3.05, 3.63) is 45.6 Å². The summed E-state index contributed by atoms with van der Waals surface area (Å²) in [5.74, 6) is 0.662. The number of hydrazone groups is 1. The Balaban J connectivity index is 1.84. The van der Waals surface area contributed by atoms with Gasteiger partial charge in [0.25, 0.3) is 0 Å². The van der Waals surface area contributed by atoms with Gasteiger partial charge in [-0.3, -0.25) is 0 Å². The van der Waals surface area contributed by atoms with Crippen molar-refractivity contribution in [2.75, 3.05) is 5.43 Å². The van der Waals surface area contributed by atoms with Gasteiger partial charge in [0.2, 0.25) is 5.95 Å². The lowest BCUT2D eigenvalue weighted by molar-refractivity contribution is 1.20. The van der Waals surface area contributed by atoms with Crippen LogP contribution >= 0.6 is 11.3 Å². The molecule has 0 aliphatic carbocycles. The van der Waals surface area contributed by atoms with Gasteiger partial charge in [0, 0.05) is 15.3 Å². The molecule has 0 radical (unpaired) electrons. The van der Waals surface area contributed by atoms with Crippen LogP contribution in [0.5, 0.6) is 0 Å².